The highest BCUT2D eigenvalue weighted by Crippen LogP contribution is 2.29. The first kappa shape index (κ1) is 11.6. The third-order valence-electron chi connectivity index (χ3n) is 3.37. The Morgan fingerprint density at radius 2 is 2.05 bits per heavy atom. The van der Waals surface area contributed by atoms with Crippen LogP contribution in [0.5, 0.6) is 0 Å². The van der Waals surface area contributed by atoms with E-state index < -0.39 is 0 Å². The lowest BCUT2D eigenvalue weighted by atomic mass is 10.2. The maximum atomic E-state index is 6.14. The van der Waals surface area contributed by atoms with Gasteiger partial charge in [0.25, 0.3) is 0 Å². The highest BCUT2D eigenvalue weighted by molar-refractivity contribution is 6.34. The van der Waals surface area contributed by atoms with Crippen LogP contribution >= 0.6 is 11.6 Å². The molecular weight excluding hydrogens is 272 g/mol. The molecule has 4 rings (SSSR count). The van der Waals surface area contributed by atoms with Crippen molar-refractivity contribution in [1.29, 1.82) is 0 Å². The normalized spacial score (nSPS) is 11.5. The van der Waals surface area contributed by atoms with Gasteiger partial charge in [-0.2, -0.15) is 0 Å². The number of aromatic amines is 1. The van der Waals surface area contributed by atoms with Crippen LogP contribution in [0.3, 0.4) is 0 Å². The number of aromatic nitrogens is 2. The van der Waals surface area contributed by atoms with Crippen molar-refractivity contribution in [3.8, 4) is 11.6 Å². The summed E-state index contributed by atoms with van der Waals surface area (Å²) in [5.74, 6) is 1.42. The quantitative estimate of drug-likeness (QED) is 0.537. The predicted molar refractivity (Wildman–Crippen MR) is 81.0 cm³/mol. The van der Waals surface area contributed by atoms with Gasteiger partial charge in [0.05, 0.1) is 10.5 Å². The van der Waals surface area contributed by atoms with Crippen LogP contribution in [0.15, 0.2) is 46.9 Å². The van der Waals surface area contributed by atoms with Crippen molar-refractivity contribution in [3.63, 3.8) is 0 Å². The molecule has 20 heavy (non-hydrogen) atoms. The van der Waals surface area contributed by atoms with Gasteiger partial charge in [0, 0.05) is 5.39 Å². The highest BCUT2D eigenvalue weighted by Gasteiger charge is 2.12. The number of hydrogen-bond donors (Lipinski definition) is 1. The first-order chi connectivity index (χ1) is 9.70. The van der Waals surface area contributed by atoms with Crippen molar-refractivity contribution in [3.05, 3.63) is 53.1 Å². The number of rotatable bonds is 1. The number of H-pyrrole nitrogens is 1. The summed E-state index contributed by atoms with van der Waals surface area (Å²) in [5, 5.41) is 1.71. The molecule has 2 aromatic heterocycles. The molecule has 3 nitrogen and oxygen atoms in total. The van der Waals surface area contributed by atoms with E-state index in [1.165, 1.54) is 5.56 Å². The zero-order valence-corrected chi connectivity index (χ0v) is 11.5. The molecule has 0 saturated carbocycles. The topological polar surface area (TPSA) is 41.8 Å². The lowest BCUT2D eigenvalue weighted by molar-refractivity contribution is 0.626. The minimum Gasteiger partial charge on any atom is -0.453 e. The Hall–Kier alpha value is -2.26. The highest BCUT2D eigenvalue weighted by atomic mass is 35.5. The summed E-state index contributed by atoms with van der Waals surface area (Å²) >= 11 is 6.14. The summed E-state index contributed by atoms with van der Waals surface area (Å²) in [5.41, 5.74) is 3.74. The van der Waals surface area contributed by atoms with Gasteiger partial charge in [0.1, 0.15) is 11.1 Å². The van der Waals surface area contributed by atoms with Crippen LogP contribution in [0.1, 0.15) is 5.56 Å². The van der Waals surface area contributed by atoms with Gasteiger partial charge in [0.2, 0.25) is 0 Å². The molecule has 2 heterocycles. The van der Waals surface area contributed by atoms with Crippen molar-refractivity contribution >= 4 is 33.6 Å². The molecule has 0 aliphatic carbocycles. The molecule has 0 spiro atoms. The number of aryl methyl sites for hydroxylation is 1. The van der Waals surface area contributed by atoms with E-state index in [2.05, 4.69) is 23.0 Å². The summed E-state index contributed by atoms with van der Waals surface area (Å²) in [6.07, 6.45) is 0. The monoisotopic (exact) mass is 282 g/mol. The molecule has 2 aromatic carbocycles. The lowest BCUT2D eigenvalue weighted by Gasteiger charge is -1.89. The number of hydrogen-bond acceptors (Lipinski definition) is 2. The summed E-state index contributed by atoms with van der Waals surface area (Å²) < 4.78 is 5.84. The Kier molecular flexibility index (Phi) is 2.38. The minimum atomic E-state index is 0.636. The Morgan fingerprint density at radius 3 is 2.90 bits per heavy atom. The SMILES string of the molecule is Cc1ccc2oc(-c3nc4c(Cl)cccc4[nH]3)cc2c1. The number of fused-ring (bicyclic) bond motifs is 2. The summed E-state index contributed by atoms with van der Waals surface area (Å²) in [4.78, 5) is 7.76. The van der Waals surface area contributed by atoms with Crippen LogP contribution in [-0.2, 0) is 0 Å². The predicted octanol–water partition coefficient (Wildman–Crippen LogP) is 4.94. The van der Waals surface area contributed by atoms with Crippen LogP contribution < -0.4 is 0 Å². The molecule has 0 bridgehead atoms. The van der Waals surface area contributed by atoms with E-state index in [0.717, 1.165) is 27.8 Å². The maximum Gasteiger partial charge on any atom is 0.174 e. The molecule has 4 heteroatoms. The van der Waals surface area contributed by atoms with Gasteiger partial charge < -0.3 is 9.40 Å². The van der Waals surface area contributed by atoms with Crippen molar-refractivity contribution < 1.29 is 4.42 Å². The van der Waals surface area contributed by atoms with Crippen molar-refractivity contribution in [2.24, 2.45) is 0 Å². The van der Waals surface area contributed by atoms with E-state index >= 15 is 0 Å². The molecule has 0 aliphatic heterocycles. The molecule has 98 valence electrons. The first-order valence-corrected chi connectivity index (χ1v) is 6.73. The van der Waals surface area contributed by atoms with Gasteiger partial charge in [-0.3, -0.25) is 0 Å². The molecule has 0 radical (unpaired) electrons. The lowest BCUT2D eigenvalue weighted by Crippen LogP contribution is -1.74. The van der Waals surface area contributed by atoms with Gasteiger partial charge in [0.15, 0.2) is 11.6 Å². The molecule has 0 aliphatic rings. The third-order valence-corrected chi connectivity index (χ3v) is 3.67. The summed E-state index contributed by atoms with van der Waals surface area (Å²) in [6, 6.07) is 13.8. The molecule has 0 unspecified atom stereocenters. The Labute approximate surface area is 120 Å². The fourth-order valence-corrected chi connectivity index (χ4v) is 2.61. The largest absolute Gasteiger partial charge is 0.453 e. The van der Waals surface area contributed by atoms with E-state index in [1.54, 1.807) is 0 Å². The second-order valence-corrected chi connectivity index (χ2v) is 5.28. The number of nitrogens with zero attached hydrogens (tertiary/aromatic N) is 1. The first-order valence-electron chi connectivity index (χ1n) is 6.35. The number of imidazole rings is 1. The van der Waals surface area contributed by atoms with Crippen LogP contribution in [0.2, 0.25) is 5.02 Å². The van der Waals surface area contributed by atoms with Gasteiger partial charge in [-0.25, -0.2) is 4.98 Å². The minimum absolute atomic E-state index is 0.636. The fourth-order valence-electron chi connectivity index (χ4n) is 2.39. The van der Waals surface area contributed by atoms with Crippen molar-refractivity contribution in [2.75, 3.05) is 0 Å². The average Bonchev–Trinajstić information content (AvgIpc) is 3.01. The average molecular weight is 283 g/mol. The standard InChI is InChI=1S/C16H11ClN2O/c1-9-5-6-13-10(7-9)8-14(20-13)16-18-12-4-2-3-11(17)15(12)19-16/h2-8H,1H3,(H,18,19). The van der Waals surface area contributed by atoms with Crippen molar-refractivity contribution in [2.45, 2.75) is 6.92 Å². The van der Waals surface area contributed by atoms with E-state index in [9.17, 15) is 0 Å². The number of nitrogens with one attached hydrogen (secondary N) is 1. The summed E-state index contributed by atoms with van der Waals surface area (Å²) in [7, 11) is 0. The molecular formula is C16H11ClN2O. The van der Waals surface area contributed by atoms with E-state index in [-0.39, 0.29) is 0 Å². The zero-order chi connectivity index (χ0) is 13.7. The zero-order valence-electron chi connectivity index (χ0n) is 10.8. The van der Waals surface area contributed by atoms with Crippen LogP contribution in [-0.4, -0.2) is 9.97 Å². The Balaban J connectivity index is 1.94. The molecule has 1 N–H and O–H groups in total. The molecule has 0 amide bonds. The molecule has 4 aromatic rings. The number of benzene rings is 2. The second-order valence-electron chi connectivity index (χ2n) is 4.87. The smallest absolute Gasteiger partial charge is 0.174 e. The van der Waals surface area contributed by atoms with Crippen LogP contribution in [0.4, 0.5) is 0 Å². The van der Waals surface area contributed by atoms with E-state index in [0.29, 0.717) is 10.8 Å². The number of para-hydroxylation sites is 1. The van der Waals surface area contributed by atoms with Gasteiger partial charge >= 0.3 is 0 Å². The van der Waals surface area contributed by atoms with Crippen molar-refractivity contribution in [1.82, 2.24) is 9.97 Å². The van der Waals surface area contributed by atoms with E-state index in [1.807, 2.05) is 36.4 Å². The summed E-state index contributed by atoms with van der Waals surface area (Å²) in [6.45, 7) is 2.06. The van der Waals surface area contributed by atoms with Gasteiger partial charge in [-0.05, 0) is 37.3 Å². The van der Waals surface area contributed by atoms with Crippen LogP contribution in [0.25, 0.3) is 33.6 Å². The molecule has 0 fully saturated rings. The van der Waals surface area contributed by atoms with Crippen LogP contribution in [0, 0.1) is 6.92 Å². The van der Waals surface area contributed by atoms with Gasteiger partial charge in [-0.15, -0.1) is 0 Å². The van der Waals surface area contributed by atoms with E-state index in [4.69, 9.17) is 16.0 Å². The molecule has 0 saturated heterocycles. The Bertz CT molecular complexity index is 936. The third kappa shape index (κ3) is 1.71. The fraction of sp³-hybridized carbons (Fsp3) is 0.0625. The molecule has 0 atom stereocenters. The second kappa shape index (κ2) is 4.12. The van der Waals surface area contributed by atoms with Gasteiger partial charge in [-0.1, -0.05) is 29.3 Å². The maximum absolute atomic E-state index is 6.14. The number of halogens is 1. The number of furan rings is 1. The Morgan fingerprint density at radius 1 is 1.15 bits per heavy atom.